The van der Waals surface area contributed by atoms with E-state index in [4.69, 9.17) is 9.47 Å². The molecule has 0 saturated carbocycles. The molecule has 3 rings (SSSR count). The van der Waals surface area contributed by atoms with E-state index in [-0.39, 0.29) is 5.91 Å². The number of hydrogen-bond acceptors (Lipinski definition) is 5. The van der Waals surface area contributed by atoms with Gasteiger partial charge >= 0.3 is 0 Å². The van der Waals surface area contributed by atoms with Gasteiger partial charge in [-0.25, -0.2) is 0 Å². The number of anilines is 1. The quantitative estimate of drug-likeness (QED) is 0.810. The maximum Gasteiger partial charge on any atom is 0.234 e. The van der Waals surface area contributed by atoms with E-state index in [2.05, 4.69) is 27.2 Å². The molecule has 6 heteroatoms. The number of methoxy groups -OCH3 is 2. The molecule has 1 aliphatic rings. The van der Waals surface area contributed by atoms with Gasteiger partial charge in [-0.3, -0.25) is 9.69 Å². The highest BCUT2D eigenvalue weighted by Crippen LogP contribution is 2.22. The predicted octanol–water partition coefficient (Wildman–Crippen LogP) is 2.14. The molecule has 1 amide bonds. The van der Waals surface area contributed by atoms with E-state index in [0.717, 1.165) is 48.9 Å². The molecule has 27 heavy (non-hydrogen) atoms. The molecule has 1 aliphatic heterocycles. The highest BCUT2D eigenvalue weighted by molar-refractivity contribution is 5.78. The molecule has 2 aromatic carbocycles. The summed E-state index contributed by atoms with van der Waals surface area (Å²) in [5.41, 5.74) is 2.23. The predicted molar refractivity (Wildman–Crippen MR) is 106 cm³/mol. The van der Waals surface area contributed by atoms with Crippen molar-refractivity contribution in [1.29, 1.82) is 0 Å². The summed E-state index contributed by atoms with van der Waals surface area (Å²) in [4.78, 5) is 16.8. The minimum atomic E-state index is 0.0562. The molecule has 0 unspecified atom stereocenters. The first-order valence-corrected chi connectivity index (χ1v) is 9.19. The third-order valence-electron chi connectivity index (χ3n) is 4.81. The number of nitrogens with zero attached hydrogens (tertiary/aromatic N) is 2. The number of carbonyl (C=O) groups is 1. The van der Waals surface area contributed by atoms with E-state index in [1.807, 2.05) is 36.4 Å². The summed E-state index contributed by atoms with van der Waals surface area (Å²) in [6.45, 7) is 4.51. The zero-order valence-electron chi connectivity index (χ0n) is 16.0. The summed E-state index contributed by atoms with van der Waals surface area (Å²) in [6.07, 6.45) is 0. The van der Waals surface area contributed by atoms with Crippen LogP contribution in [0.5, 0.6) is 11.5 Å². The molecule has 0 radical (unpaired) electrons. The van der Waals surface area contributed by atoms with Gasteiger partial charge in [-0.15, -0.1) is 0 Å². The number of nitrogens with one attached hydrogen (secondary N) is 1. The fraction of sp³-hybridized carbons (Fsp3) is 0.381. The van der Waals surface area contributed by atoms with Crippen molar-refractivity contribution < 1.29 is 14.3 Å². The Kier molecular flexibility index (Phi) is 6.54. The number of benzene rings is 2. The molecule has 1 N–H and O–H groups in total. The molecule has 1 saturated heterocycles. The number of amides is 1. The second-order valence-corrected chi connectivity index (χ2v) is 6.59. The van der Waals surface area contributed by atoms with E-state index < -0.39 is 0 Å². The first kappa shape index (κ1) is 19.0. The van der Waals surface area contributed by atoms with Crippen LogP contribution in [-0.2, 0) is 11.3 Å². The van der Waals surface area contributed by atoms with Crippen molar-refractivity contribution in [3.63, 3.8) is 0 Å². The minimum absolute atomic E-state index is 0.0562. The SMILES string of the molecule is COc1ccc(CNC(=O)CN2CCN(c3cccc(OC)c3)CC2)cc1. The maximum absolute atomic E-state index is 12.2. The highest BCUT2D eigenvalue weighted by atomic mass is 16.5. The van der Waals surface area contributed by atoms with Crippen LogP contribution in [0.1, 0.15) is 5.56 Å². The first-order valence-electron chi connectivity index (χ1n) is 9.19. The second kappa shape index (κ2) is 9.28. The highest BCUT2D eigenvalue weighted by Gasteiger charge is 2.19. The Hall–Kier alpha value is -2.73. The molecule has 0 atom stereocenters. The van der Waals surface area contributed by atoms with Crippen LogP contribution in [-0.4, -0.2) is 57.8 Å². The van der Waals surface area contributed by atoms with Crippen molar-refractivity contribution in [3.8, 4) is 11.5 Å². The number of piperazine rings is 1. The van der Waals surface area contributed by atoms with Gasteiger partial charge in [0.15, 0.2) is 0 Å². The van der Waals surface area contributed by atoms with Crippen molar-refractivity contribution in [2.75, 3.05) is 51.8 Å². The Balaban J connectivity index is 1.42. The molecular weight excluding hydrogens is 342 g/mol. The summed E-state index contributed by atoms with van der Waals surface area (Å²) >= 11 is 0. The van der Waals surface area contributed by atoms with Crippen molar-refractivity contribution >= 4 is 11.6 Å². The van der Waals surface area contributed by atoms with Crippen molar-refractivity contribution in [2.45, 2.75) is 6.54 Å². The number of rotatable bonds is 7. The van der Waals surface area contributed by atoms with Gasteiger partial charge in [0.2, 0.25) is 5.91 Å². The van der Waals surface area contributed by atoms with Crippen molar-refractivity contribution in [3.05, 3.63) is 54.1 Å². The second-order valence-electron chi connectivity index (χ2n) is 6.59. The van der Waals surface area contributed by atoms with Crippen molar-refractivity contribution in [2.24, 2.45) is 0 Å². The lowest BCUT2D eigenvalue weighted by molar-refractivity contribution is -0.122. The summed E-state index contributed by atoms with van der Waals surface area (Å²) < 4.78 is 10.4. The van der Waals surface area contributed by atoms with Crippen LogP contribution in [0.15, 0.2) is 48.5 Å². The monoisotopic (exact) mass is 369 g/mol. The summed E-state index contributed by atoms with van der Waals surface area (Å²) in [7, 11) is 3.33. The molecule has 6 nitrogen and oxygen atoms in total. The lowest BCUT2D eigenvalue weighted by atomic mass is 10.2. The third kappa shape index (κ3) is 5.37. The first-order chi connectivity index (χ1) is 13.2. The van der Waals surface area contributed by atoms with Gasteiger partial charge in [-0.2, -0.15) is 0 Å². The van der Waals surface area contributed by atoms with Gasteiger partial charge in [0.05, 0.1) is 20.8 Å². The van der Waals surface area contributed by atoms with E-state index >= 15 is 0 Å². The van der Waals surface area contributed by atoms with Crippen LogP contribution >= 0.6 is 0 Å². The largest absolute Gasteiger partial charge is 0.497 e. The Morgan fingerprint density at radius 2 is 1.67 bits per heavy atom. The fourth-order valence-electron chi connectivity index (χ4n) is 3.17. The molecule has 0 aliphatic carbocycles. The van der Waals surface area contributed by atoms with Gasteiger partial charge < -0.3 is 19.7 Å². The van der Waals surface area contributed by atoms with Crippen LogP contribution in [0.4, 0.5) is 5.69 Å². The Bertz CT molecular complexity index is 741. The lowest BCUT2D eigenvalue weighted by Crippen LogP contribution is -2.49. The Morgan fingerprint density at radius 3 is 2.33 bits per heavy atom. The van der Waals surface area contributed by atoms with Gasteiger partial charge in [0.1, 0.15) is 11.5 Å². The van der Waals surface area contributed by atoms with Crippen LogP contribution < -0.4 is 19.7 Å². The minimum Gasteiger partial charge on any atom is -0.497 e. The van der Waals surface area contributed by atoms with E-state index in [9.17, 15) is 4.79 Å². The van der Waals surface area contributed by atoms with E-state index in [1.165, 1.54) is 0 Å². The average molecular weight is 369 g/mol. The smallest absolute Gasteiger partial charge is 0.234 e. The van der Waals surface area contributed by atoms with Crippen LogP contribution in [0.3, 0.4) is 0 Å². The molecule has 2 aromatic rings. The average Bonchev–Trinajstić information content (AvgIpc) is 2.73. The zero-order chi connectivity index (χ0) is 19.1. The van der Waals surface area contributed by atoms with Gasteiger partial charge in [0.25, 0.3) is 0 Å². The fourth-order valence-corrected chi connectivity index (χ4v) is 3.17. The van der Waals surface area contributed by atoms with Crippen molar-refractivity contribution in [1.82, 2.24) is 10.2 Å². The number of ether oxygens (including phenoxy) is 2. The van der Waals surface area contributed by atoms with Gasteiger partial charge in [0, 0.05) is 44.5 Å². The molecular formula is C21H27N3O3. The van der Waals surface area contributed by atoms with Gasteiger partial charge in [-0.1, -0.05) is 18.2 Å². The molecule has 0 spiro atoms. The summed E-state index contributed by atoms with van der Waals surface area (Å²) in [5.74, 6) is 1.74. The molecule has 0 bridgehead atoms. The van der Waals surface area contributed by atoms with Crippen LogP contribution in [0.2, 0.25) is 0 Å². The lowest BCUT2D eigenvalue weighted by Gasteiger charge is -2.35. The topological polar surface area (TPSA) is 54.0 Å². The summed E-state index contributed by atoms with van der Waals surface area (Å²) in [6, 6.07) is 15.8. The van der Waals surface area contributed by atoms with E-state index in [1.54, 1.807) is 14.2 Å². The molecule has 0 aromatic heterocycles. The Labute approximate surface area is 160 Å². The maximum atomic E-state index is 12.2. The Morgan fingerprint density at radius 1 is 0.963 bits per heavy atom. The van der Waals surface area contributed by atoms with Crippen LogP contribution in [0, 0.1) is 0 Å². The van der Waals surface area contributed by atoms with E-state index in [0.29, 0.717) is 13.1 Å². The molecule has 1 fully saturated rings. The molecule has 144 valence electrons. The standard InChI is InChI=1S/C21H27N3O3/c1-26-19-8-6-17(7-9-19)15-22-21(25)16-23-10-12-24(13-11-23)18-4-3-5-20(14-18)27-2/h3-9,14H,10-13,15-16H2,1-2H3,(H,22,25). The van der Waals surface area contributed by atoms with Crippen LogP contribution in [0.25, 0.3) is 0 Å². The van der Waals surface area contributed by atoms with Gasteiger partial charge in [-0.05, 0) is 29.8 Å². The molecule has 1 heterocycles. The summed E-state index contributed by atoms with van der Waals surface area (Å²) in [5, 5.41) is 2.99. The normalized spacial score (nSPS) is 14.7. The number of carbonyl (C=O) groups excluding carboxylic acids is 1. The zero-order valence-corrected chi connectivity index (χ0v) is 16.0. The third-order valence-corrected chi connectivity index (χ3v) is 4.81. The number of hydrogen-bond donors (Lipinski definition) is 1.